The summed E-state index contributed by atoms with van der Waals surface area (Å²) in [7, 11) is 0. The summed E-state index contributed by atoms with van der Waals surface area (Å²) >= 11 is 5.97. The molecule has 150 valence electrons. The van der Waals surface area contributed by atoms with E-state index in [1.807, 2.05) is 25.1 Å². The third kappa shape index (κ3) is 3.72. The monoisotopic (exact) mass is 411 g/mol. The van der Waals surface area contributed by atoms with E-state index in [0.29, 0.717) is 23.8 Å². The summed E-state index contributed by atoms with van der Waals surface area (Å²) in [4.78, 5) is 40.4. The van der Waals surface area contributed by atoms with Gasteiger partial charge in [0.05, 0.1) is 5.92 Å². The van der Waals surface area contributed by atoms with E-state index in [1.54, 1.807) is 34.9 Å². The number of hydrogen-bond acceptors (Lipinski definition) is 3. The summed E-state index contributed by atoms with van der Waals surface area (Å²) in [5, 5.41) is 3.52. The van der Waals surface area contributed by atoms with Crippen LogP contribution in [0, 0.1) is 12.8 Å². The van der Waals surface area contributed by atoms with Gasteiger partial charge in [-0.05, 0) is 60.9 Å². The number of hydrogen-bond donors (Lipinski definition) is 1. The summed E-state index contributed by atoms with van der Waals surface area (Å²) in [5.41, 5.74) is 4.31. The van der Waals surface area contributed by atoms with Crippen molar-refractivity contribution in [3.8, 4) is 0 Å². The zero-order valence-electron chi connectivity index (χ0n) is 16.4. The Bertz CT molecular complexity index is 1020. The van der Waals surface area contributed by atoms with Crippen LogP contribution in [0.4, 0.5) is 17.1 Å². The first kappa shape index (κ1) is 19.5. The number of anilines is 3. The van der Waals surface area contributed by atoms with Crippen molar-refractivity contribution in [1.29, 1.82) is 0 Å². The molecule has 4 rings (SSSR count). The largest absolute Gasteiger partial charge is 0.326 e. The zero-order valence-corrected chi connectivity index (χ0v) is 17.1. The molecule has 2 aliphatic heterocycles. The SMILES string of the molecule is CC(=O)N1CCc2cc(N3CC(C(=O)Nc4ccc(Cl)cc4C)CC3=O)ccc21. The van der Waals surface area contributed by atoms with Gasteiger partial charge in [-0.15, -0.1) is 0 Å². The van der Waals surface area contributed by atoms with E-state index in [4.69, 9.17) is 11.6 Å². The average Bonchev–Trinajstić information content (AvgIpc) is 3.27. The first-order chi connectivity index (χ1) is 13.8. The van der Waals surface area contributed by atoms with Crippen LogP contribution in [0.5, 0.6) is 0 Å². The molecule has 29 heavy (non-hydrogen) atoms. The fraction of sp³-hybridized carbons (Fsp3) is 0.318. The molecule has 0 saturated carbocycles. The van der Waals surface area contributed by atoms with Crippen LogP contribution in [0.15, 0.2) is 36.4 Å². The van der Waals surface area contributed by atoms with Gasteiger partial charge < -0.3 is 15.1 Å². The van der Waals surface area contributed by atoms with Crippen LogP contribution in [0.2, 0.25) is 5.02 Å². The van der Waals surface area contributed by atoms with Gasteiger partial charge in [0.1, 0.15) is 0 Å². The Hall–Kier alpha value is -2.86. The van der Waals surface area contributed by atoms with E-state index < -0.39 is 5.92 Å². The quantitative estimate of drug-likeness (QED) is 0.839. The highest BCUT2D eigenvalue weighted by Crippen LogP contribution is 2.34. The molecule has 0 aromatic heterocycles. The summed E-state index contributed by atoms with van der Waals surface area (Å²) < 4.78 is 0. The van der Waals surface area contributed by atoms with Crippen molar-refractivity contribution >= 4 is 46.4 Å². The standard InChI is InChI=1S/C22H22ClN3O3/c1-13-9-17(23)3-5-19(13)24-22(29)16-11-21(28)26(12-16)18-4-6-20-15(10-18)7-8-25(20)14(2)27/h3-6,9-10,16H,7-8,11-12H2,1-2H3,(H,24,29). The Balaban J connectivity index is 1.48. The Kier molecular flexibility index (Phi) is 5.04. The van der Waals surface area contributed by atoms with Gasteiger partial charge in [-0.25, -0.2) is 0 Å². The normalized spacial score (nSPS) is 18.2. The molecule has 0 bridgehead atoms. The number of nitrogens with zero attached hydrogens (tertiary/aromatic N) is 2. The predicted octanol–water partition coefficient (Wildman–Crippen LogP) is 3.55. The molecule has 7 heteroatoms. The minimum atomic E-state index is -0.417. The highest BCUT2D eigenvalue weighted by atomic mass is 35.5. The van der Waals surface area contributed by atoms with Crippen LogP contribution in [-0.2, 0) is 20.8 Å². The second kappa shape index (κ2) is 7.52. The van der Waals surface area contributed by atoms with Gasteiger partial charge in [0, 0.05) is 48.5 Å². The Morgan fingerprint density at radius 1 is 1.17 bits per heavy atom. The maximum Gasteiger partial charge on any atom is 0.229 e. The molecule has 1 N–H and O–H groups in total. The highest BCUT2D eigenvalue weighted by molar-refractivity contribution is 6.30. The predicted molar refractivity (Wildman–Crippen MR) is 113 cm³/mol. The van der Waals surface area contributed by atoms with E-state index in [-0.39, 0.29) is 24.1 Å². The van der Waals surface area contributed by atoms with Crippen molar-refractivity contribution in [2.45, 2.75) is 26.7 Å². The molecule has 2 aromatic rings. The van der Waals surface area contributed by atoms with Gasteiger partial charge in [-0.1, -0.05) is 11.6 Å². The molecule has 0 radical (unpaired) electrons. The molecule has 2 heterocycles. The number of halogens is 1. The van der Waals surface area contributed by atoms with Crippen LogP contribution in [0.25, 0.3) is 0 Å². The number of fused-ring (bicyclic) bond motifs is 1. The fourth-order valence-electron chi connectivity index (χ4n) is 4.02. The summed E-state index contributed by atoms with van der Waals surface area (Å²) in [6.07, 6.45) is 0.944. The van der Waals surface area contributed by atoms with Gasteiger partial charge in [0.2, 0.25) is 17.7 Å². The highest BCUT2D eigenvalue weighted by Gasteiger charge is 2.36. The van der Waals surface area contributed by atoms with E-state index in [1.165, 1.54) is 0 Å². The third-order valence-corrected chi connectivity index (χ3v) is 5.83. The molecule has 1 unspecified atom stereocenters. The first-order valence-electron chi connectivity index (χ1n) is 9.62. The van der Waals surface area contributed by atoms with Crippen LogP contribution < -0.4 is 15.1 Å². The van der Waals surface area contributed by atoms with Crippen LogP contribution in [-0.4, -0.2) is 30.8 Å². The van der Waals surface area contributed by atoms with Crippen LogP contribution in [0.3, 0.4) is 0 Å². The lowest BCUT2D eigenvalue weighted by atomic mass is 10.1. The van der Waals surface area contributed by atoms with E-state index in [2.05, 4.69) is 5.32 Å². The van der Waals surface area contributed by atoms with Crippen molar-refractivity contribution in [1.82, 2.24) is 0 Å². The zero-order chi connectivity index (χ0) is 20.7. The molecule has 3 amide bonds. The molecule has 6 nitrogen and oxygen atoms in total. The lowest BCUT2D eigenvalue weighted by molar-refractivity contribution is -0.122. The van der Waals surface area contributed by atoms with E-state index in [9.17, 15) is 14.4 Å². The second-order valence-electron chi connectivity index (χ2n) is 7.59. The molecule has 0 aliphatic carbocycles. The Morgan fingerprint density at radius 3 is 2.69 bits per heavy atom. The maximum atomic E-state index is 12.7. The van der Waals surface area contributed by atoms with E-state index in [0.717, 1.165) is 28.9 Å². The number of nitrogens with one attached hydrogen (secondary N) is 1. The Labute approximate surface area is 174 Å². The number of aryl methyl sites for hydroxylation is 1. The number of carbonyl (C=O) groups is 3. The van der Waals surface area contributed by atoms with Gasteiger partial charge in [0.25, 0.3) is 0 Å². The molecule has 2 aromatic carbocycles. The van der Waals surface area contributed by atoms with Gasteiger partial charge in [-0.2, -0.15) is 0 Å². The van der Waals surface area contributed by atoms with Crippen molar-refractivity contribution in [3.05, 3.63) is 52.5 Å². The number of carbonyl (C=O) groups excluding carboxylic acids is 3. The third-order valence-electron chi connectivity index (χ3n) is 5.59. The number of amides is 3. The van der Waals surface area contributed by atoms with Crippen molar-refractivity contribution in [2.24, 2.45) is 5.92 Å². The topological polar surface area (TPSA) is 69.7 Å². The van der Waals surface area contributed by atoms with Crippen LogP contribution in [0.1, 0.15) is 24.5 Å². The van der Waals surface area contributed by atoms with Crippen molar-refractivity contribution in [2.75, 3.05) is 28.2 Å². The van der Waals surface area contributed by atoms with Gasteiger partial charge >= 0.3 is 0 Å². The lowest BCUT2D eigenvalue weighted by Gasteiger charge is -2.19. The second-order valence-corrected chi connectivity index (χ2v) is 8.02. The first-order valence-corrected chi connectivity index (χ1v) is 9.99. The molecule has 1 fully saturated rings. The summed E-state index contributed by atoms with van der Waals surface area (Å²) in [5.74, 6) is -0.642. The molecule has 1 saturated heterocycles. The average molecular weight is 412 g/mol. The lowest BCUT2D eigenvalue weighted by Crippen LogP contribution is -2.28. The molecule has 0 spiro atoms. The fourth-order valence-corrected chi connectivity index (χ4v) is 4.24. The number of benzene rings is 2. The summed E-state index contributed by atoms with van der Waals surface area (Å²) in [6, 6.07) is 11.0. The smallest absolute Gasteiger partial charge is 0.229 e. The van der Waals surface area contributed by atoms with Gasteiger partial charge in [-0.3, -0.25) is 14.4 Å². The summed E-state index contributed by atoms with van der Waals surface area (Å²) in [6.45, 7) is 4.43. The maximum absolute atomic E-state index is 12.7. The molecular weight excluding hydrogens is 390 g/mol. The molecule has 1 atom stereocenters. The Morgan fingerprint density at radius 2 is 1.97 bits per heavy atom. The van der Waals surface area contributed by atoms with Crippen LogP contribution >= 0.6 is 11.6 Å². The minimum Gasteiger partial charge on any atom is -0.326 e. The number of rotatable bonds is 3. The van der Waals surface area contributed by atoms with Crippen molar-refractivity contribution < 1.29 is 14.4 Å². The minimum absolute atomic E-state index is 0.0166. The van der Waals surface area contributed by atoms with Gasteiger partial charge in [0.15, 0.2) is 0 Å². The van der Waals surface area contributed by atoms with Crippen molar-refractivity contribution in [3.63, 3.8) is 0 Å². The molecule has 2 aliphatic rings. The van der Waals surface area contributed by atoms with E-state index >= 15 is 0 Å². The molecular formula is C22H22ClN3O3.